The Kier molecular flexibility index (Phi) is 5.03. The van der Waals surface area contributed by atoms with Crippen LogP contribution in [0.1, 0.15) is 33.2 Å². The van der Waals surface area contributed by atoms with Gasteiger partial charge in [-0.25, -0.2) is 9.37 Å². The number of nitrogens with one attached hydrogen (secondary N) is 1. The summed E-state index contributed by atoms with van der Waals surface area (Å²) in [6.07, 6.45) is 3.43. The van der Waals surface area contributed by atoms with E-state index < -0.39 is 0 Å². The van der Waals surface area contributed by atoms with Gasteiger partial charge in [-0.05, 0) is 51.1 Å². The number of hydrogen-bond donors (Lipinski definition) is 1. The first-order valence-electron chi connectivity index (χ1n) is 7.87. The first kappa shape index (κ1) is 16.1. The summed E-state index contributed by atoms with van der Waals surface area (Å²) in [6.45, 7) is 5.17. The number of benzene rings is 1. The van der Waals surface area contributed by atoms with E-state index in [-0.39, 0.29) is 11.7 Å². The average Bonchev–Trinajstić information content (AvgIpc) is 3.14. The van der Waals surface area contributed by atoms with Gasteiger partial charge in [0.25, 0.3) is 5.91 Å². The molecular formula is C17H20FN3OS. The molecule has 2 heterocycles. The Balaban J connectivity index is 1.63. The van der Waals surface area contributed by atoms with E-state index in [1.54, 1.807) is 12.1 Å². The molecule has 6 heteroatoms. The van der Waals surface area contributed by atoms with Crippen LogP contribution in [0.4, 0.5) is 10.1 Å². The second-order valence-corrected chi connectivity index (χ2v) is 6.87. The number of anilines is 1. The number of halogens is 1. The maximum Gasteiger partial charge on any atom is 0.267 e. The topological polar surface area (TPSA) is 45.2 Å². The fraction of sp³-hybridized carbons (Fsp3) is 0.412. The Morgan fingerprint density at radius 2 is 2.17 bits per heavy atom. The molecule has 1 aromatic heterocycles. The van der Waals surface area contributed by atoms with Crippen LogP contribution in [0.25, 0.3) is 0 Å². The number of rotatable bonds is 5. The van der Waals surface area contributed by atoms with Crippen molar-refractivity contribution >= 4 is 22.9 Å². The third-order valence-corrected chi connectivity index (χ3v) is 5.19. The van der Waals surface area contributed by atoms with Crippen LogP contribution in [0.2, 0.25) is 0 Å². The highest BCUT2D eigenvalue weighted by molar-refractivity contribution is 7.13. The molecule has 0 atom stereocenters. The van der Waals surface area contributed by atoms with Gasteiger partial charge in [-0.1, -0.05) is 6.07 Å². The van der Waals surface area contributed by atoms with Gasteiger partial charge in [0, 0.05) is 18.7 Å². The minimum Gasteiger partial charge on any atom is -0.321 e. The first-order chi connectivity index (χ1) is 11.1. The van der Waals surface area contributed by atoms with Crippen molar-refractivity contribution in [3.8, 4) is 0 Å². The maximum atomic E-state index is 13.2. The molecule has 0 radical (unpaired) electrons. The van der Waals surface area contributed by atoms with Gasteiger partial charge >= 0.3 is 0 Å². The molecule has 23 heavy (non-hydrogen) atoms. The van der Waals surface area contributed by atoms with Crippen molar-refractivity contribution in [3.05, 3.63) is 45.7 Å². The molecule has 122 valence electrons. The number of nitrogens with zero attached hydrogens (tertiary/aromatic N) is 2. The molecule has 1 saturated heterocycles. The van der Waals surface area contributed by atoms with E-state index in [1.807, 2.05) is 6.92 Å². The van der Waals surface area contributed by atoms with E-state index in [0.717, 1.165) is 36.8 Å². The number of amides is 1. The SMILES string of the molecule is Cc1nc(CCN2CCCC2)sc1C(=O)Nc1cccc(F)c1. The molecule has 0 spiro atoms. The van der Waals surface area contributed by atoms with E-state index in [0.29, 0.717) is 10.6 Å². The zero-order valence-electron chi connectivity index (χ0n) is 13.1. The number of aromatic nitrogens is 1. The Bertz CT molecular complexity index is 695. The summed E-state index contributed by atoms with van der Waals surface area (Å²) in [6, 6.07) is 5.91. The van der Waals surface area contributed by atoms with Gasteiger partial charge in [-0.2, -0.15) is 0 Å². The monoisotopic (exact) mass is 333 g/mol. The molecule has 1 aliphatic rings. The van der Waals surface area contributed by atoms with E-state index in [1.165, 1.54) is 36.3 Å². The lowest BCUT2D eigenvalue weighted by atomic mass is 10.3. The van der Waals surface area contributed by atoms with Crippen LogP contribution in [0, 0.1) is 12.7 Å². The molecule has 0 bridgehead atoms. The lowest BCUT2D eigenvalue weighted by Crippen LogP contribution is -2.21. The van der Waals surface area contributed by atoms with Crippen LogP contribution >= 0.6 is 11.3 Å². The van der Waals surface area contributed by atoms with Gasteiger partial charge in [0.05, 0.1) is 10.7 Å². The van der Waals surface area contributed by atoms with Gasteiger partial charge < -0.3 is 10.2 Å². The van der Waals surface area contributed by atoms with E-state index in [2.05, 4.69) is 15.2 Å². The summed E-state index contributed by atoms with van der Waals surface area (Å²) in [5.41, 5.74) is 1.20. The zero-order valence-corrected chi connectivity index (χ0v) is 14.0. The Morgan fingerprint density at radius 3 is 2.91 bits per heavy atom. The number of thiazole rings is 1. The largest absolute Gasteiger partial charge is 0.321 e. The minimum absolute atomic E-state index is 0.224. The van der Waals surface area contributed by atoms with Crippen LogP contribution in [0.3, 0.4) is 0 Å². The predicted octanol–water partition coefficient (Wildman–Crippen LogP) is 3.48. The molecule has 1 aromatic carbocycles. The predicted molar refractivity (Wildman–Crippen MR) is 90.6 cm³/mol. The molecule has 1 fully saturated rings. The molecular weight excluding hydrogens is 313 g/mol. The minimum atomic E-state index is -0.366. The number of carbonyl (C=O) groups is 1. The molecule has 4 nitrogen and oxygen atoms in total. The van der Waals surface area contributed by atoms with E-state index >= 15 is 0 Å². The van der Waals surface area contributed by atoms with Crippen LogP contribution in [0.15, 0.2) is 24.3 Å². The normalized spacial score (nSPS) is 15.0. The van der Waals surface area contributed by atoms with Crippen molar-refractivity contribution in [1.29, 1.82) is 0 Å². The number of likely N-dealkylation sites (tertiary alicyclic amines) is 1. The lowest BCUT2D eigenvalue weighted by Gasteiger charge is -2.12. The zero-order chi connectivity index (χ0) is 16.2. The molecule has 1 amide bonds. The summed E-state index contributed by atoms with van der Waals surface area (Å²) in [5.74, 6) is -0.590. The summed E-state index contributed by atoms with van der Waals surface area (Å²) < 4.78 is 13.2. The quantitative estimate of drug-likeness (QED) is 0.911. The highest BCUT2D eigenvalue weighted by Crippen LogP contribution is 2.21. The third kappa shape index (κ3) is 4.14. The molecule has 0 saturated carbocycles. The van der Waals surface area contributed by atoms with Crippen LogP contribution in [-0.2, 0) is 6.42 Å². The van der Waals surface area contributed by atoms with Gasteiger partial charge in [0.2, 0.25) is 0 Å². The smallest absolute Gasteiger partial charge is 0.267 e. The molecule has 0 aliphatic carbocycles. The van der Waals surface area contributed by atoms with Gasteiger partial charge in [-0.3, -0.25) is 4.79 Å². The number of aryl methyl sites for hydroxylation is 1. The number of hydrogen-bond acceptors (Lipinski definition) is 4. The van der Waals surface area contributed by atoms with Crippen LogP contribution in [0.5, 0.6) is 0 Å². The van der Waals surface area contributed by atoms with Gasteiger partial charge in [0.15, 0.2) is 0 Å². The second kappa shape index (κ2) is 7.19. The highest BCUT2D eigenvalue weighted by atomic mass is 32.1. The Labute approximate surface area is 139 Å². The summed E-state index contributed by atoms with van der Waals surface area (Å²) in [5, 5.41) is 3.72. The molecule has 1 N–H and O–H groups in total. The van der Waals surface area contributed by atoms with Crippen molar-refractivity contribution in [1.82, 2.24) is 9.88 Å². The van der Waals surface area contributed by atoms with E-state index in [9.17, 15) is 9.18 Å². The Morgan fingerprint density at radius 1 is 1.39 bits per heavy atom. The van der Waals surface area contributed by atoms with Crippen molar-refractivity contribution in [2.24, 2.45) is 0 Å². The molecule has 2 aromatic rings. The lowest BCUT2D eigenvalue weighted by molar-refractivity contribution is 0.103. The first-order valence-corrected chi connectivity index (χ1v) is 8.69. The fourth-order valence-corrected chi connectivity index (χ4v) is 3.73. The fourth-order valence-electron chi connectivity index (χ4n) is 2.78. The van der Waals surface area contributed by atoms with Crippen LogP contribution < -0.4 is 5.32 Å². The second-order valence-electron chi connectivity index (χ2n) is 5.79. The highest BCUT2D eigenvalue weighted by Gasteiger charge is 2.17. The van der Waals surface area contributed by atoms with Gasteiger partial charge in [-0.15, -0.1) is 11.3 Å². The molecule has 0 unspecified atom stereocenters. The van der Waals surface area contributed by atoms with Crippen molar-refractivity contribution < 1.29 is 9.18 Å². The standard InChI is InChI=1S/C17H20FN3OS/c1-12-16(17(22)20-14-6-4-5-13(18)11-14)23-15(19-12)7-10-21-8-2-3-9-21/h4-6,11H,2-3,7-10H2,1H3,(H,20,22). The van der Waals surface area contributed by atoms with Crippen molar-refractivity contribution in [2.45, 2.75) is 26.2 Å². The average molecular weight is 333 g/mol. The third-order valence-electron chi connectivity index (χ3n) is 3.97. The van der Waals surface area contributed by atoms with Gasteiger partial charge in [0.1, 0.15) is 10.7 Å². The Hall–Kier alpha value is -1.79. The van der Waals surface area contributed by atoms with E-state index in [4.69, 9.17) is 0 Å². The number of carbonyl (C=O) groups excluding carboxylic acids is 1. The van der Waals surface area contributed by atoms with Crippen molar-refractivity contribution in [3.63, 3.8) is 0 Å². The molecule has 3 rings (SSSR count). The van der Waals surface area contributed by atoms with Crippen molar-refractivity contribution in [2.75, 3.05) is 25.0 Å². The summed E-state index contributed by atoms with van der Waals surface area (Å²) >= 11 is 1.43. The summed E-state index contributed by atoms with van der Waals surface area (Å²) in [4.78, 5) is 19.9. The molecule has 1 aliphatic heterocycles. The van der Waals surface area contributed by atoms with Crippen LogP contribution in [-0.4, -0.2) is 35.4 Å². The summed E-state index contributed by atoms with van der Waals surface area (Å²) in [7, 11) is 0. The maximum absolute atomic E-state index is 13.2.